The molecule has 0 aliphatic heterocycles. The summed E-state index contributed by atoms with van der Waals surface area (Å²) in [5, 5.41) is 5.90. The van der Waals surface area contributed by atoms with Crippen LogP contribution in [-0.2, 0) is 11.2 Å². The number of amides is 2. The molecular formula is C21H20ClN3O2S. The standard InChI is InChI=1S/C21H20ClN3O2S/c1-13-4-6-14(7-5-13)20-23-16(12-28-20)11-19(26)24-18-10-15(8-9-17(18)22)21(27)25(2)3/h4-10,12H,11H2,1-3H3,(H,24,26). The molecule has 5 nitrogen and oxygen atoms in total. The lowest BCUT2D eigenvalue weighted by atomic mass is 10.1. The Hall–Kier alpha value is -2.70. The Balaban J connectivity index is 1.70. The van der Waals surface area contributed by atoms with Crippen LogP contribution in [0.5, 0.6) is 0 Å². The van der Waals surface area contributed by atoms with Crippen molar-refractivity contribution in [3.8, 4) is 10.6 Å². The summed E-state index contributed by atoms with van der Waals surface area (Å²) in [6.07, 6.45) is 0.130. The molecule has 3 aromatic rings. The fraction of sp³-hybridized carbons (Fsp3) is 0.190. The molecule has 2 amide bonds. The van der Waals surface area contributed by atoms with E-state index in [1.54, 1.807) is 32.3 Å². The van der Waals surface area contributed by atoms with Gasteiger partial charge in [-0.25, -0.2) is 4.98 Å². The zero-order chi connectivity index (χ0) is 20.3. The molecule has 0 fully saturated rings. The lowest BCUT2D eigenvalue weighted by molar-refractivity contribution is -0.115. The smallest absolute Gasteiger partial charge is 0.253 e. The van der Waals surface area contributed by atoms with Crippen LogP contribution in [0.1, 0.15) is 21.6 Å². The number of hydrogen-bond acceptors (Lipinski definition) is 4. The van der Waals surface area contributed by atoms with Crippen LogP contribution in [0, 0.1) is 6.92 Å². The van der Waals surface area contributed by atoms with Crippen molar-refractivity contribution < 1.29 is 9.59 Å². The second kappa shape index (κ2) is 8.54. The van der Waals surface area contributed by atoms with Crippen LogP contribution in [0.4, 0.5) is 5.69 Å². The van der Waals surface area contributed by atoms with Gasteiger partial charge in [-0.2, -0.15) is 0 Å². The molecule has 0 spiro atoms. The van der Waals surface area contributed by atoms with Gasteiger partial charge < -0.3 is 10.2 Å². The van der Waals surface area contributed by atoms with Gasteiger partial charge in [0.1, 0.15) is 5.01 Å². The van der Waals surface area contributed by atoms with Crippen LogP contribution >= 0.6 is 22.9 Å². The zero-order valence-corrected chi connectivity index (χ0v) is 17.4. The number of benzene rings is 2. The summed E-state index contributed by atoms with van der Waals surface area (Å²) in [5.74, 6) is -0.397. The predicted molar refractivity (Wildman–Crippen MR) is 114 cm³/mol. The second-order valence-electron chi connectivity index (χ2n) is 6.63. The Bertz CT molecular complexity index is 1010. The van der Waals surface area contributed by atoms with Crippen molar-refractivity contribution in [3.63, 3.8) is 0 Å². The Morgan fingerprint density at radius 2 is 1.86 bits per heavy atom. The van der Waals surface area contributed by atoms with Gasteiger partial charge in [0.25, 0.3) is 5.91 Å². The van der Waals surface area contributed by atoms with Gasteiger partial charge in [-0.05, 0) is 25.1 Å². The summed E-state index contributed by atoms with van der Waals surface area (Å²) in [6.45, 7) is 2.04. The molecule has 3 rings (SSSR count). The summed E-state index contributed by atoms with van der Waals surface area (Å²) in [7, 11) is 3.34. The third kappa shape index (κ3) is 4.77. The molecule has 2 aromatic carbocycles. The highest BCUT2D eigenvalue weighted by atomic mass is 35.5. The van der Waals surface area contributed by atoms with Crippen molar-refractivity contribution in [2.45, 2.75) is 13.3 Å². The average Bonchev–Trinajstić information content (AvgIpc) is 3.11. The van der Waals surface area contributed by atoms with Gasteiger partial charge in [0.15, 0.2) is 0 Å². The van der Waals surface area contributed by atoms with Crippen LogP contribution in [-0.4, -0.2) is 35.8 Å². The molecule has 0 saturated heterocycles. The molecule has 7 heteroatoms. The van der Waals surface area contributed by atoms with E-state index in [4.69, 9.17) is 11.6 Å². The molecule has 1 N–H and O–H groups in total. The van der Waals surface area contributed by atoms with E-state index in [-0.39, 0.29) is 18.2 Å². The highest BCUT2D eigenvalue weighted by Crippen LogP contribution is 2.26. The minimum atomic E-state index is -0.239. The molecule has 28 heavy (non-hydrogen) atoms. The summed E-state index contributed by atoms with van der Waals surface area (Å²) >= 11 is 7.67. The molecular weight excluding hydrogens is 394 g/mol. The minimum absolute atomic E-state index is 0.130. The number of nitrogens with one attached hydrogen (secondary N) is 1. The molecule has 0 aliphatic rings. The summed E-state index contributed by atoms with van der Waals surface area (Å²) in [4.78, 5) is 30.6. The molecule has 0 aliphatic carbocycles. The van der Waals surface area contributed by atoms with Crippen LogP contribution in [0.3, 0.4) is 0 Å². The molecule has 1 aromatic heterocycles. The lowest BCUT2D eigenvalue weighted by Crippen LogP contribution is -2.22. The third-order valence-corrected chi connectivity index (χ3v) is 5.36. The average molecular weight is 414 g/mol. The van der Waals surface area contributed by atoms with E-state index in [9.17, 15) is 9.59 Å². The number of halogens is 1. The maximum atomic E-state index is 12.4. The monoisotopic (exact) mass is 413 g/mol. The first-order valence-electron chi connectivity index (χ1n) is 8.66. The van der Waals surface area contributed by atoms with Crippen LogP contribution in [0.25, 0.3) is 10.6 Å². The molecule has 1 heterocycles. The van der Waals surface area contributed by atoms with Crippen molar-refractivity contribution in [2.24, 2.45) is 0 Å². The Labute approximate surface area is 173 Å². The number of aryl methyl sites for hydroxylation is 1. The number of thiazole rings is 1. The zero-order valence-electron chi connectivity index (χ0n) is 15.8. The van der Waals surface area contributed by atoms with E-state index in [0.717, 1.165) is 10.6 Å². The van der Waals surface area contributed by atoms with E-state index in [2.05, 4.69) is 10.3 Å². The number of carbonyl (C=O) groups is 2. The van der Waals surface area contributed by atoms with E-state index < -0.39 is 0 Å². The largest absolute Gasteiger partial charge is 0.345 e. The van der Waals surface area contributed by atoms with Gasteiger partial charge in [-0.3, -0.25) is 9.59 Å². The van der Waals surface area contributed by atoms with Gasteiger partial charge in [0, 0.05) is 30.6 Å². The number of rotatable bonds is 5. The molecule has 0 radical (unpaired) electrons. The number of hydrogen-bond donors (Lipinski definition) is 1. The second-order valence-corrected chi connectivity index (χ2v) is 7.89. The van der Waals surface area contributed by atoms with E-state index in [1.165, 1.54) is 21.8 Å². The summed E-state index contributed by atoms with van der Waals surface area (Å²) in [6, 6.07) is 12.9. The number of nitrogens with zero attached hydrogens (tertiary/aromatic N) is 2. The fourth-order valence-electron chi connectivity index (χ4n) is 2.59. The van der Waals surface area contributed by atoms with Crippen molar-refractivity contribution in [1.82, 2.24) is 9.88 Å². The van der Waals surface area contributed by atoms with Gasteiger partial charge in [0.2, 0.25) is 5.91 Å². The Kier molecular flexibility index (Phi) is 6.11. The first-order valence-corrected chi connectivity index (χ1v) is 9.92. The predicted octanol–water partition coefficient (Wildman–Crippen LogP) is 4.65. The molecule has 0 unspecified atom stereocenters. The van der Waals surface area contributed by atoms with Crippen LogP contribution < -0.4 is 5.32 Å². The van der Waals surface area contributed by atoms with Crippen molar-refractivity contribution in [1.29, 1.82) is 0 Å². The van der Waals surface area contributed by atoms with Gasteiger partial charge in [-0.15, -0.1) is 11.3 Å². The van der Waals surface area contributed by atoms with Crippen molar-refractivity contribution in [3.05, 3.63) is 69.7 Å². The van der Waals surface area contributed by atoms with Crippen LogP contribution in [0.15, 0.2) is 47.8 Å². The minimum Gasteiger partial charge on any atom is -0.345 e. The maximum Gasteiger partial charge on any atom is 0.253 e. The van der Waals surface area contributed by atoms with Gasteiger partial charge in [-0.1, -0.05) is 41.4 Å². The molecule has 0 saturated carbocycles. The Morgan fingerprint density at radius 3 is 2.54 bits per heavy atom. The summed E-state index contributed by atoms with van der Waals surface area (Å²) in [5.41, 5.74) is 3.77. The molecule has 0 bridgehead atoms. The number of carbonyl (C=O) groups excluding carboxylic acids is 2. The third-order valence-electron chi connectivity index (χ3n) is 4.09. The first-order chi connectivity index (χ1) is 13.3. The van der Waals surface area contributed by atoms with E-state index in [0.29, 0.717) is 22.0 Å². The SMILES string of the molecule is Cc1ccc(-c2nc(CC(=O)Nc3cc(C(=O)N(C)C)ccc3Cl)cs2)cc1. The van der Waals surface area contributed by atoms with Gasteiger partial charge in [0.05, 0.1) is 22.8 Å². The number of anilines is 1. The highest BCUT2D eigenvalue weighted by molar-refractivity contribution is 7.13. The van der Waals surface area contributed by atoms with Gasteiger partial charge >= 0.3 is 0 Å². The highest BCUT2D eigenvalue weighted by Gasteiger charge is 2.14. The Morgan fingerprint density at radius 1 is 1.14 bits per heavy atom. The van der Waals surface area contributed by atoms with E-state index >= 15 is 0 Å². The lowest BCUT2D eigenvalue weighted by Gasteiger charge is -2.12. The summed E-state index contributed by atoms with van der Waals surface area (Å²) < 4.78 is 0. The van der Waals surface area contributed by atoms with Crippen molar-refractivity contribution in [2.75, 3.05) is 19.4 Å². The van der Waals surface area contributed by atoms with Crippen molar-refractivity contribution >= 4 is 40.4 Å². The quantitative estimate of drug-likeness (QED) is 0.661. The maximum absolute atomic E-state index is 12.4. The normalized spacial score (nSPS) is 10.6. The van der Waals surface area contributed by atoms with E-state index in [1.807, 2.05) is 36.6 Å². The van der Waals surface area contributed by atoms with Crippen LogP contribution in [0.2, 0.25) is 5.02 Å². The topological polar surface area (TPSA) is 62.3 Å². The fourth-order valence-corrected chi connectivity index (χ4v) is 3.58. The first kappa shape index (κ1) is 20.0. The number of aromatic nitrogens is 1. The molecule has 0 atom stereocenters. The molecule has 144 valence electrons.